The predicted octanol–water partition coefficient (Wildman–Crippen LogP) is 13.0. The molecule has 0 bridgehead atoms. The maximum atomic E-state index is 9.13. The zero-order chi connectivity index (χ0) is 56.1. The molecule has 4 aromatic rings. The van der Waals surface area contributed by atoms with Gasteiger partial charge in [0.1, 0.15) is 0 Å². The van der Waals surface area contributed by atoms with E-state index >= 15 is 0 Å². The summed E-state index contributed by atoms with van der Waals surface area (Å²) in [6, 6.07) is 37.9. The third-order valence-corrected chi connectivity index (χ3v) is 18.6. The van der Waals surface area contributed by atoms with Gasteiger partial charge in [-0.15, -0.1) is 0 Å². The third kappa shape index (κ3) is 19.2. The Bertz CT molecular complexity index is 2230. The average molecular weight is 1080 g/mol. The molecular weight excluding hydrogens is 975 g/mol. The maximum absolute atomic E-state index is 9.13. The number of aliphatic hydroxyl groups excluding tert-OH is 2. The second kappa shape index (κ2) is 32.5. The summed E-state index contributed by atoms with van der Waals surface area (Å²) in [5, 5.41) is 18.1. The van der Waals surface area contributed by atoms with E-state index in [0.29, 0.717) is 42.8 Å². The molecule has 6 heterocycles. The van der Waals surface area contributed by atoms with Crippen molar-refractivity contribution < 1.29 is 14.9 Å². The summed E-state index contributed by atoms with van der Waals surface area (Å²) < 4.78 is 5.46. The lowest BCUT2D eigenvalue weighted by molar-refractivity contribution is 0.0115. The highest BCUT2D eigenvalue weighted by molar-refractivity contribution is 5.51. The molecule has 4 aromatic carbocycles. The topological polar surface area (TPSA) is 72.4 Å². The average Bonchev–Trinajstić information content (AvgIpc) is 3.52. The van der Waals surface area contributed by atoms with E-state index in [2.05, 4.69) is 194 Å². The summed E-state index contributed by atoms with van der Waals surface area (Å²) in [4.78, 5) is 18.0. The number of rotatable bonds is 14. The Morgan fingerprint density at radius 2 is 0.671 bits per heavy atom. The Kier molecular flexibility index (Phi) is 25.7. The normalized spacial score (nSPS) is 20.0. The zero-order valence-electron chi connectivity index (χ0n) is 51.1. The first-order valence-corrected chi connectivity index (χ1v) is 31.7. The number of ether oxygens (including phenoxy) is 1. The first-order chi connectivity index (χ1) is 38.3. The van der Waals surface area contributed by atoms with Crippen LogP contribution in [0, 0.1) is 11.8 Å². The highest BCUT2D eigenvalue weighted by atomic mass is 16.5. The summed E-state index contributed by atoms with van der Waals surface area (Å²) in [7, 11) is 0. The molecule has 6 saturated heterocycles. The molecule has 0 aliphatic carbocycles. The Morgan fingerprint density at radius 1 is 0.380 bits per heavy atom. The van der Waals surface area contributed by atoms with Crippen LogP contribution in [0.2, 0.25) is 0 Å². The minimum Gasteiger partial charge on any atom is -0.396 e. The summed E-state index contributed by atoms with van der Waals surface area (Å²) in [5.41, 5.74) is 11.2. The van der Waals surface area contributed by atoms with Crippen molar-refractivity contribution >= 4 is 22.7 Å². The van der Waals surface area contributed by atoms with Crippen LogP contribution in [0.5, 0.6) is 0 Å². The van der Waals surface area contributed by atoms with E-state index in [1.54, 1.807) is 0 Å². The van der Waals surface area contributed by atoms with Crippen molar-refractivity contribution in [2.24, 2.45) is 11.8 Å². The maximum Gasteiger partial charge on any atom is 0.0594 e. The SMILES string of the molecule is CC(C)c1ccc(N2CCC(CCO)CC2)cc1.CC(C)c1ccc(N2CCC(CO)CC2)cc1.CC(C)c1ccc(N2CCC(N3CCOCC3)CC2)cc1.CCN1CCN(C2CCN(c3ccc(C(C)C)cc3)CC2)CC1. The molecule has 10 heteroatoms. The van der Waals surface area contributed by atoms with Crippen LogP contribution in [0.25, 0.3) is 0 Å². The van der Waals surface area contributed by atoms with Gasteiger partial charge in [0, 0.05) is 140 Å². The van der Waals surface area contributed by atoms with E-state index in [0.717, 1.165) is 89.7 Å². The molecule has 79 heavy (non-hydrogen) atoms. The lowest BCUT2D eigenvalue weighted by atomic mass is 9.93. The van der Waals surface area contributed by atoms with E-state index < -0.39 is 0 Å². The number of hydrogen-bond donors (Lipinski definition) is 2. The van der Waals surface area contributed by atoms with Crippen LogP contribution < -0.4 is 19.6 Å². The highest BCUT2D eigenvalue weighted by Crippen LogP contribution is 2.30. The Balaban J connectivity index is 0.000000154. The standard InChI is InChI=1S/C20H33N3.C18H28N2O.C16H25NO.C15H23NO/c1-4-21-13-15-23(16-14-21)20-9-11-22(12-10-20)19-7-5-18(6-8-19)17(2)3;1-15(2)16-3-5-17(6-4-16)19-9-7-18(8-10-19)20-11-13-21-14-12-20;1-13(2)15-3-5-16(6-4-15)17-10-7-14(8-11-17)9-12-18;1-12(2)14-3-5-15(6-4-14)16-9-7-13(11-17)8-10-16/h5-8,17,20H,4,9-16H2,1-3H3;3-6,15,18H,7-14H2,1-2H3;3-6,13-14,18H,7-12H2,1-2H3;3-6,12-13,17H,7-11H2,1-2H3. The van der Waals surface area contributed by atoms with Gasteiger partial charge in [-0.25, -0.2) is 0 Å². The molecule has 0 saturated carbocycles. The minimum absolute atomic E-state index is 0.341. The zero-order valence-corrected chi connectivity index (χ0v) is 51.1. The minimum atomic E-state index is 0.341. The van der Waals surface area contributed by atoms with Crippen LogP contribution in [-0.2, 0) is 4.74 Å². The van der Waals surface area contributed by atoms with Gasteiger partial charge in [-0.05, 0) is 171 Å². The van der Waals surface area contributed by atoms with E-state index in [9.17, 15) is 0 Å². The Hall–Kier alpha value is -4.16. The van der Waals surface area contributed by atoms with E-state index in [1.165, 1.54) is 142 Å². The monoisotopic (exact) mass is 1080 g/mol. The molecule has 438 valence electrons. The van der Waals surface area contributed by atoms with Crippen LogP contribution in [0.1, 0.15) is 166 Å². The number of hydrogen-bond acceptors (Lipinski definition) is 10. The number of benzene rings is 4. The molecule has 0 spiro atoms. The second-order valence-electron chi connectivity index (χ2n) is 25.1. The number of morpholine rings is 1. The van der Waals surface area contributed by atoms with Gasteiger partial charge in [-0.3, -0.25) is 9.80 Å². The molecule has 0 atom stereocenters. The molecule has 0 aromatic heterocycles. The number of anilines is 4. The number of aliphatic hydroxyl groups is 2. The molecule has 2 N–H and O–H groups in total. The molecule has 10 nitrogen and oxygen atoms in total. The Labute approximate surface area is 481 Å². The first kappa shape index (κ1) is 62.4. The highest BCUT2D eigenvalue weighted by Gasteiger charge is 2.29. The van der Waals surface area contributed by atoms with Gasteiger partial charge in [-0.1, -0.05) is 111 Å². The Morgan fingerprint density at radius 3 is 0.949 bits per heavy atom. The number of nitrogens with zero attached hydrogens (tertiary/aromatic N) is 7. The fourth-order valence-corrected chi connectivity index (χ4v) is 12.7. The molecule has 0 unspecified atom stereocenters. The van der Waals surface area contributed by atoms with E-state index in [4.69, 9.17) is 14.9 Å². The van der Waals surface area contributed by atoms with Gasteiger partial charge in [-0.2, -0.15) is 0 Å². The van der Waals surface area contributed by atoms with Crippen molar-refractivity contribution in [3.05, 3.63) is 119 Å². The summed E-state index contributed by atoms with van der Waals surface area (Å²) in [6.07, 6.45) is 10.8. The summed E-state index contributed by atoms with van der Waals surface area (Å²) in [6.45, 7) is 40.4. The second-order valence-corrected chi connectivity index (χ2v) is 25.1. The number of piperidine rings is 4. The van der Waals surface area contributed by atoms with Gasteiger partial charge >= 0.3 is 0 Å². The number of likely N-dealkylation sites (N-methyl/N-ethyl adjacent to an activating group) is 1. The summed E-state index contributed by atoms with van der Waals surface area (Å²) >= 11 is 0. The van der Waals surface area contributed by atoms with Gasteiger partial charge in [0.25, 0.3) is 0 Å². The van der Waals surface area contributed by atoms with Gasteiger partial charge < -0.3 is 39.4 Å². The predicted molar refractivity (Wildman–Crippen MR) is 337 cm³/mol. The fraction of sp³-hybridized carbons (Fsp3) is 0.652. The van der Waals surface area contributed by atoms with Crippen LogP contribution >= 0.6 is 0 Å². The third-order valence-electron chi connectivity index (χ3n) is 18.6. The smallest absolute Gasteiger partial charge is 0.0594 e. The van der Waals surface area contributed by atoms with Crippen molar-refractivity contribution in [1.82, 2.24) is 14.7 Å². The molecule has 6 aliphatic heterocycles. The van der Waals surface area contributed by atoms with Gasteiger partial charge in [0.2, 0.25) is 0 Å². The van der Waals surface area contributed by atoms with Crippen molar-refractivity contribution in [3.63, 3.8) is 0 Å². The largest absolute Gasteiger partial charge is 0.396 e. The van der Waals surface area contributed by atoms with Crippen LogP contribution in [0.4, 0.5) is 22.7 Å². The summed E-state index contributed by atoms with van der Waals surface area (Å²) in [5.74, 6) is 3.68. The quantitative estimate of drug-likeness (QED) is 0.128. The molecular formula is C69H109N7O3. The van der Waals surface area contributed by atoms with Crippen LogP contribution in [-0.4, -0.2) is 162 Å². The number of piperazine rings is 1. The molecule has 10 rings (SSSR count). The van der Waals surface area contributed by atoms with E-state index in [1.807, 2.05) is 0 Å². The van der Waals surface area contributed by atoms with Crippen molar-refractivity contribution in [2.45, 2.75) is 156 Å². The van der Waals surface area contributed by atoms with Crippen molar-refractivity contribution in [2.75, 3.05) is 144 Å². The van der Waals surface area contributed by atoms with E-state index in [-0.39, 0.29) is 0 Å². The molecule has 6 aliphatic rings. The lowest BCUT2D eigenvalue weighted by Gasteiger charge is -2.43. The molecule has 0 radical (unpaired) electrons. The molecule has 0 amide bonds. The van der Waals surface area contributed by atoms with Crippen LogP contribution in [0.15, 0.2) is 97.1 Å². The fourth-order valence-electron chi connectivity index (χ4n) is 12.7. The van der Waals surface area contributed by atoms with Crippen LogP contribution in [0.3, 0.4) is 0 Å². The molecule has 6 fully saturated rings. The van der Waals surface area contributed by atoms with Crippen molar-refractivity contribution in [1.29, 1.82) is 0 Å². The van der Waals surface area contributed by atoms with Gasteiger partial charge in [0.15, 0.2) is 0 Å². The first-order valence-electron chi connectivity index (χ1n) is 31.7. The lowest BCUT2D eigenvalue weighted by Crippen LogP contribution is -2.53. The van der Waals surface area contributed by atoms with Gasteiger partial charge in [0.05, 0.1) is 13.2 Å². The van der Waals surface area contributed by atoms with Crippen molar-refractivity contribution in [3.8, 4) is 0 Å².